The summed E-state index contributed by atoms with van der Waals surface area (Å²) < 4.78 is 50.8. The zero-order chi connectivity index (χ0) is 10.9. The van der Waals surface area contributed by atoms with Gasteiger partial charge in [-0.25, -0.2) is 17.6 Å². The normalized spacial score (nSPS) is 10.4. The highest BCUT2D eigenvalue weighted by Gasteiger charge is 2.19. The van der Waals surface area contributed by atoms with Crippen molar-refractivity contribution < 1.29 is 17.6 Å². The maximum atomic E-state index is 13.0. The van der Waals surface area contributed by atoms with Gasteiger partial charge in [0, 0.05) is 11.4 Å². The number of halogens is 5. The maximum absolute atomic E-state index is 13.0. The third-order valence-electron chi connectivity index (χ3n) is 1.64. The lowest BCUT2D eigenvalue weighted by Crippen LogP contribution is -2.01. The van der Waals surface area contributed by atoms with Crippen LogP contribution in [0.25, 0.3) is 5.57 Å². The van der Waals surface area contributed by atoms with Crippen molar-refractivity contribution in [2.24, 2.45) is 0 Å². The van der Waals surface area contributed by atoms with Gasteiger partial charge in [-0.05, 0) is 11.6 Å². The molecule has 0 unspecified atom stereocenters. The number of hydrogen-bond donors (Lipinski definition) is 0. The van der Waals surface area contributed by atoms with Crippen molar-refractivity contribution in [2.45, 2.75) is 0 Å². The van der Waals surface area contributed by atoms with Crippen LogP contribution in [0.15, 0.2) is 12.6 Å². The fraction of sp³-hybridized carbons (Fsp3) is 0.111. The van der Waals surface area contributed by atoms with Crippen molar-refractivity contribution >= 4 is 17.2 Å². The molecule has 0 saturated heterocycles. The average Bonchev–Trinajstić information content (AvgIpc) is 2.19. The Bertz CT molecular complexity index is 387. The molecule has 0 saturated carbocycles. The van der Waals surface area contributed by atoms with E-state index in [4.69, 9.17) is 11.6 Å². The van der Waals surface area contributed by atoms with Crippen molar-refractivity contribution in [3.63, 3.8) is 0 Å². The monoisotopic (exact) mass is 224 g/mol. The van der Waals surface area contributed by atoms with Gasteiger partial charge in [-0.1, -0.05) is 6.58 Å². The lowest BCUT2D eigenvalue weighted by Gasteiger charge is -2.05. The Labute approximate surface area is 82.8 Å². The molecule has 0 aliphatic carbocycles. The Kier molecular flexibility index (Phi) is 3.16. The third-order valence-corrected chi connectivity index (χ3v) is 1.97. The van der Waals surface area contributed by atoms with Gasteiger partial charge in [0.25, 0.3) is 0 Å². The van der Waals surface area contributed by atoms with Crippen molar-refractivity contribution in [1.29, 1.82) is 0 Å². The molecule has 0 heterocycles. The molecule has 0 spiro atoms. The quantitative estimate of drug-likeness (QED) is 0.312. The molecule has 0 atom stereocenters. The van der Waals surface area contributed by atoms with Gasteiger partial charge in [0.2, 0.25) is 0 Å². The van der Waals surface area contributed by atoms with Crippen LogP contribution in [0.4, 0.5) is 17.6 Å². The molecule has 1 rings (SSSR count). The van der Waals surface area contributed by atoms with E-state index < -0.39 is 28.8 Å². The SMILES string of the molecule is C=C(CCl)c1cc(F)c(F)c(F)c1F. The van der Waals surface area contributed by atoms with Crippen LogP contribution in [0.3, 0.4) is 0 Å². The van der Waals surface area contributed by atoms with E-state index in [1.807, 2.05) is 0 Å². The van der Waals surface area contributed by atoms with E-state index in [1.165, 1.54) is 0 Å². The van der Waals surface area contributed by atoms with Gasteiger partial charge in [-0.2, -0.15) is 0 Å². The number of benzene rings is 1. The van der Waals surface area contributed by atoms with Crippen LogP contribution in [0, 0.1) is 23.3 Å². The molecule has 0 amide bonds. The lowest BCUT2D eigenvalue weighted by atomic mass is 10.1. The highest BCUT2D eigenvalue weighted by atomic mass is 35.5. The summed E-state index contributed by atoms with van der Waals surface area (Å²) in [5.74, 6) is -6.83. The second-order valence-corrected chi connectivity index (χ2v) is 2.85. The molecule has 76 valence electrons. The van der Waals surface area contributed by atoms with Crippen LogP contribution in [0.1, 0.15) is 5.56 Å². The minimum Gasteiger partial charge on any atom is -0.204 e. The maximum Gasteiger partial charge on any atom is 0.198 e. The van der Waals surface area contributed by atoms with E-state index in [9.17, 15) is 17.6 Å². The predicted octanol–water partition coefficient (Wildman–Crippen LogP) is 3.50. The van der Waals surface area contributed by atoms with Crippen LogP contribution in [0.2, 0.25) is 0 Å². The summed E-state index contributed by atoms with van der Waals surface area (Å²) in [6.07, 6.45) is 0. The number of allylic oxidation sites excluding steroid dienone is 1. The van der Waals surface area contributed by atoms with Gasteiger partial charge in [0.1, 0.15) is 0 Å². The molecule has 14 heavy (non-hydrogen) atoms. The first kappa shape index (κ1) is 11.0. The Morgan fingerprint density at radius 2 is 1.71 bits per heavy atom. The zero-order valence-electron chi connectivity index (χ0n) is 6.88. The second-order valence-electron chi connectivity index (χ2n) is 2.59. The molecule has 5 heteroatoms. The van der Waals surface area contributed by atoms with Gasteiger partial charge >= 0.3 is 0 Å². The Hall–Kier alpha value is -1.03. The summed E-state index contributed by atoms with van der Waals surface area (Å²) in [7, 11) is 0. The molecule has 0 N–H and O–H groups in total. The van der Waals surface area contributed by atoms with Crippen LogP contribution in [-0.4, -0.2) is 5.88 Å². The Morgan fingerprint density at radius 1 is 1.14 bits per heavy atom. The standard InChI is InChI=1S/C9H5ClF4/c1-4(3-10)5-2-6(11)8(13)9(14)7(5)12/h2H,1,3H2. The van der Waals surface area contributed by atoms with Gasteiger partial charge in [0.05, 0.1) is 0 Å². The lowest BCUT2D eigenvalue weighted by molar-refractivity contribution is 0.408. The molecule has 0 nitrogen and oxygen atoms in total. The van der Waals surface area contributed by atoms with Crippen LogP contribution >= 0.6 is 11.6 Å². The number of rotatable bonds is 2. The number of alkyl halides is 1. The fourth-order valence-electron chi connectivity index (χ4n) is 0.902. The van der Waals surface area contributed by atoms with Gasteiger partial charge in [-0.15, -0.1) is 11.6 Å². The van der Waals surface area contributed by atoms with Gasteiger partial charge in [0.15, 0.2) is 23.3 Å². The summed E-state index contributed by atoms with van der Waals surface area (Å²) in [5, 5.41) is 0. The summed E-state index contributed by atoms with van der Waals surface area (Å²) in [4.78, 5) is 0. The minimum absolute atomic E-state index is 0.0121. The van der Waals surface area contributed by atoms with Crippen molar-refractivity contribution in [1.82, 2.24) is 0 Å². The summed E-state index contributed by atoms with van der Waals surface area (Å²) in [6.45, 7) is 3.29. The first-order valence-corrected chi connectivity index (χ1v) is 4.09. The number of hydrogen-bond acceptors (Lipinski definition) is 0. The summed E-state index contributed by atoms with van der Waals surface area (Å²) >= 11 is 5.30. The highest BCUT2D eigenvalue weighted by molar-refractivity contribution is 6.23. The third kappa shape index (κ3) is 1.75. The highest BCUT2D eigenvalue weighted by Crippen LogP contribution is 2.24. The molecule has 1 aromatic carbocycles. The summed E-state index contributed by atoms with van der Waals surface area (Å²) in [5.41, 5.74) is -0.460. The Morgan fingerprint density at radius 3 is 2.21 bits per heavy atom. The van der Waals surface area contributed by atoms with Crippen molar-refractivity contribution in [3.05, 3.63) is 41.5 Å². The van der Waals surface area contributed by atoms with E-state index in [0.717, 1.165) is 0 Å². The Balaban J connectivity index is 3.40. The van der Waals surface area contributed by atoms with Crippen LogP contribution < -0.4 is 0 Å². The second kappa shape index (κ2) is 4.00. The van der Waals surface area contributed by atoms with Crippen molar-refractivity contribution in [2.75, 3.05) is 5.88 Å². The molecule has 0 fully saturated rings. The largest absolute Gasteiger partial charge is 0.204 e. The molecule has 0 aliphatic heterocycles. The molecule has 1 aromatic rings. The first-order chi connectivity index (χ1) is 6.49. The predicted molar refractivity (Wildman–Crippen MR) is 46.0 cm³/mol. The van der Waals surface area contributed by atoms with E-state index >= 15 is 0 Å². The molecular weight excluding hydrogens is 220 g/mol. The summed E-state index contributed by atoms with van der Waals surface area (Å²) in [6, 6.07) is 0.526. The van der Waals surface area contributed by atoms with E-state index in [-0.39, 0.29) is 11.5 Å². The van der Waals surface area contributed by atoms with E-state index in [0.29, 0.717) is 6.07 Å². The molecule has 0 aliphatic rings. The van der Waals surface area contributed by atoms with Crippen LogP contribution in [0.5, 0.6) is 0 Å². The van der Waals surface area contributed by atoms with Crippen LogP contribution in [-0.2, 0) is 0 Å². The molecule has 0 bridgehead atoms. The van der Waals surface area contributed by atoms with Gasteiger partial charge < -0.3 is 0 Å². The minimum atomic E-state index is -1.86. The zero-order valence-corrected chi connectivity index (χ0v) is 7.64. The smallest absolute Gasteiger partial charge is 0.198 e. The van der Waals surface area contributed by atoms with Gasteiger partial charge in [-0.3, -0.25) is 0 Å². The molecular formula is C9H5ClF4. The van der Waals surface area contributed by atoms with Crippen molar-refractivity contribution in [3.8, 4) is 0 Å². The molecule has 0 aromatic heterocycles. The first-order valence-electron chi connectivity index (χ1n) is 3.56. The molecule has 0 radical (unpaired) electrons. The fourth-order valence-corrected chi connectivity index (χ4v) is 1.05. The average molecular weight is 225 g/mol. The van der Waals surface area contributed by atoms with E-state index in [1.54, 1.807) is 0 Å². The van der Waals surface area contributed by atoms with E-state index in [2.05, 4.69) is 6.58 Å². The topological polar surface area (TPSA) is 0 Å².